The molecule has 2 heterocycles. The van der Waals surface area contributed by atoms with Gasteiger partial charge in [-0.3, -0.25) is 19.5 Å². The number of nitrogens with zero attached hydrogens (tertiary/aromatic N) is 2. The van der Waals surface area contributed by atoms with Gasteiger partial charge in [0.25, 0.3) is 0 Å². The van der Waals surface area contributed by atoms with Crippen molar-refractivity contribution in [2.45, 2.75) is 25.6 Å². The molecule has 1 aliphatic heterocycles. The van der Waals surface area contributed by atoms with Gasteiger partial charge in [0.2, 0.25) is 0 Å². The zero-order valence-corrected chi connectivity index (χ0v) is 18.4. The van der Waals surface area contributed by atoms with Gasteiger partial charge in [-0.1, -0.05) is 60.1 Å². The van der Waals surface area contributed by atoms with Gasteiger partial charge < -0.3 is 10.6 Å². The Bertz CT molecular complexity index is 1090. The average molecular weight is 449 g/mol. The van der Waals surface area contributed by atoms with Gasteiger partial charge >= 0.3 is 11.8 Å². The molecule has 1 atom stereocenters. The van der Waals surface area contributed by atoms with E-state index in [0.29, 0.717) is 11.6 Å². The van der Waals surface area contributed by atoms with Crippen LogP contribution >= 0.6 is 11.6 Å². The highest BCUT2D eigenvalue weighted by atomic mass is 35.5. The second-order valence-corrected chi connectivity index (χ2v) is 8.18. The number of hydrogen-bond donors (Lipinski definition) is 2. The summed E-state index contributed by atoms with van der Waals surface area (Å²) in [7, 11) is 0. The third-order valence-electron chi connectivity index (χ3n) is 5.73. The number of hydrogen-bond acceptors (Lipinski definition) is 4. The zero-order chi connectivity index (χ0) is 22.3. The molecule has 6 nitrogen and oxygen atoms in total. The Hall–Kier alpha value is -3.22. The summed E-state index contributed by atoms with van der Waals surface area (Å²) >= 11 is 6.12. The summed E-state index contributed by atoms with van der Waals surface area (Å²) in [5, 5.41) is 5.99. The van der Waals surface area contributed by atoms with Crippen LogP contribution in [0.15, 0.2) is 73.1 Å². The van der Waals surface area contributed by atoms with E-state index in [0.717, 1.165) is 30.6 Å². The monoisotopic (exact) mass is 448 g/mol. The van der Waals surface area contributed by atoms with Crippen molar-refractivity contribution in [3.63, 3.8) is 0 Å². The third kappa shape index (κ3) is 5.33. The maximum Gasteiger partial charge on any atom is 0.309 e. The number of rotatable bonds is 6. The molecular formula is C25H25ClN4O2. The Morgan fingerprint density at radius 2 is 1.72 bits per heavy atom. The smallest absolute Gasteiger partial charge is 0.309 e. The normalized spacial score (nSPS) is 14.3. The predicted octanol–water partition coefficient (Wildman–Crippen LogP) is 3.27. The fourth-order valence-corrected chi connectivity index (χ4v) is 4.18. The van der Waals surface area contributed by atoms with E-state index in [1.54, 1.807) is 12.3 Å². The van der Waals surface area contributed by atoms with Crippen LogP contribution in [0.1, 0.15) is 28.3 Å². The van der Waals surface area contributed by atoms with Crippen LogP contribution in [0, 0.1) is 0 Å². The Morgan fingerprint density at radius 3 is 2.50 bits per heavy atom. The molecule has 3 aromatic rings. The second-order valence-electron chi connectivity index (χ2n) is 7.78. The molecule has 164 valence electrons. The first-order valence-corrected chi connectivity index (χ1v) is 11.0. The lowest BCUT2D eigenvalue weighted by Crippen LogP contribution is -2.45. The molecule has 0 spiro atoms. The number of aromatic nitrogens is 1. The van der Waals surface area contributed by atoms with E-state index in [1.807, 2.05) is 42.6 Å². The summed E-state index contributed by atoms with van der Waals surface area (Å²) in [6, 6.07) is 19.4. The van der Waals surface area contributed by atoms with E-state index < -0.39 is 11.8 Å². The summed E-state index contributed by atoms with van der Waals surface area (Å²) in [5.41, 5.74) is 4.41. The molecule has 0 unspecified atom stereocenters. The van der Waals surface area contributed by atoms with Gasteiger partial charge in [-0.25, -0.2) is 0 Å². The van der Waals surface area contributed by atoms with Crippen LogP contribution in [0.25, 0.3) is 0 Å². The molecule has 0 saturated carbocycles. The largest absolute Gasteiger partial charge is 0.346 e. The third-order valence-corrected chi connectivity index (χ3v) is 6.10. The Morgan fingerprint density at radius 1 is 0.969 bits per heavy atom. The van der Waals surface area contributed by atoms with E-state index in [9.17, 15) is 9.59 Å². The topological polar surface area (TPSA) is 74.3 Å². The molecule has 0 bridgehead atoms. The molecular weight excluding hydrogens is 424 g/mol. The highest BCUT2D eigenvalue weighted by Gasteiger charge is 2.26. The summed E-state index contributed by atoms with van der Waals surface area (Å²) in [5.74, 6) is -1.35. The number of fused-ring (bicyclic) bond motifs is 1. The number of amides is 2. The van der Waals surface area contributed by atoms with E-state index in [1.165, 1.54) is 11.1 Å². The SMILES string of the molecule is O=C(NCc1ccccc1Cl)C(=O)NC[C@@H](c1cccnc1)N1CCc2ccccc2C1. The van der Waals surface area contributed by atoms with E-state index in [4.69, 9.17) is 11.6 Å². The van der Waals surface area contributed by atoms with Crippen molar-refractivity contribution in [3.05, 3.63) is 100 Å². The molecule has 2 aromatic carbocycles. The van der Waals surface area contributed by atoms with Gasteiger partial charge in [-0.15, -0.1) is 0 Å². The van der Waals surface area contributed by atoms with Crippen molar-refractivity contribution in [1.29, 1.82) is 0 Å². The first-order valence-electron chi connectivity index (χ1n) is 10.6. The molecule has 32 heavy (non-hydrogen) atoms. The molecule has 0 fully saturated rings. The first kappa shape index (κ1) is 22.0. The average Bonchev–Trinajstić information content (AvgIpc) is 2.84. The van der Waals surface area contributed by atoms with E-state index in [2.05, 4.69) is 38.7 Å². The Labute approximate surface area is 192 Å². The first-order chi connectivity index (χ1) is 15.6. The second kappa shape index (κ2) is 10.4. The van der Waals surface area contributed by atoms with Crippen LogP contribution in [0.3, 0.4) is 0 Å². The van der Waals surface area contributed by atoms with Crippen LogP contribution in [0.4, 0.5) is 0 Å². The fourth-order valence-electron chi connectivity index (χ4n) is 3.98. The molecule has 4 rings (SSSR count). The predicted molar refractivity (Wildman–Crippen MR) is 124 cm³/mol. The van der Waals surface area contributed by atoms with Gasteiger partial charge in [-0.05, 0) is 40.8 Å². The van der Waals surface area contributed by atoms with Crippen molar-refractivity contribution in [1.82, 2.24) is 20.5 Å². The molecule has 0 radical (unpaired) electrons. The van der Waals surface area contributed by atoms with Gasteiger partial charge in [0, 0.05) is 43.6 Å². The quantitative estimate of drug-likeness (QED) is 0.567. The van der Waals surface area contributed by atoms with Gasteiger partial charge in [0.1, 0.15) is 0 Å². The highest BCUT2D eigenvalue weighted by Crippen LogP contribution is 2.27. The summed E-state index contributed by atoms with van der Waals surface area (Å²) < 4.78 is 0. The zero-order valence-electron chi connectivity index (χ0n) is 17.6. The van der Waals surface area contributed by atoms with Crippen molar-refractivity contribution in [2.24, 2.45) is 0 Å². The van der Waals surface area contributed by atoms with Crippen LogP contribution in [0.2, 0.25) is 5.02 Å². The lowest BCUT2D eigenvalue weighted by atomic mass is 9.97. The number of pyridine rings is 1. The number of carbonyl (C=O) groups is 2. The van der Waals surface area contributed by atoms with Crippen molar-refractivity contribution < 1.29 is 9.59 Å². The number of carbonyl (C=O) groups excluding carboxylic acids is 2. The molecule has 2 amide bonds. The minimum Gasteiger partial charge on any atom is -0.346 e. The van der Waals surface area contributed by atoms with E-state index in [-0.39, 0.29) is 12.6 Å². The molecule has 1 aromatic heterocycles. The van der Waals surface area contributed by atoms with E-state index >= 15 is 0 Å². The van der Waals surface area contributed by atoms with Crippen molar-refractivity contribution >= 4 is 23.4 Å². The molecule has 7 heteroatoms. The Balaban J connectivity index is 1.40. The summed E-state index contributed by atoms with van der Waals surface area (Å²) in [6.45, 7) is 2.16. The minimum absolute atomic E-state index is 0.0858. The molecule has 2 N–H and O–H groups in total. The standard InChI is InChI=1S/C25H25ClN4O2/c26-22-10-4-3-7-19(22)15-28-24(31)25(32)29-16-23(20-9-5-12-27-14-20)30-13-11-18-6-1-2-8-21(18)17-30/h1-10,12,14,23H,11,13,15-17H2,(H,28,31)(H,29,32)/t23-/m0/s1. The number of halogens is 1. The molecule has 0 saturated heterocycles. The van der Waals surface area contributed by atoms with Crippen LogP contribution < -0.4 is 10.6 Å². The molecule has 1 aliphatic rings. The van der Waals surface area contributed by atoms with Crippen molar-refractivity contribution in [2.75, 3.05) is 13.1 Å². The fraction of sp³-hybridized carbons (Fsp3) is 0.240. The van der Waals surface area contributed by atoms with Crippen LogP contribution in [-0.4, -0.2) is 34.8 Å². The maximum atomic E-state index is 12.5. The lowest BCUT2D eigenvalue weighted by molar-refractivity contribution is -0.139. The summed E-state index contributed by atoms with van der Waals surface area (Å²) in [4.78, 5) is 31.4. The van der Waals surface area contributed by atoms with Crippen LogP contribution in [0.5, 0.6) is 0 Å². The highest BCUT2D eigenvalue weighted by molar-refractivity contribution is 6.35. The van der Waals surface area contributed by atoms with Gasteiger partial charge in [-0.2, -0.15) is 0 Å². The number of benzene rings is 2. The maximum absolute atomic E-state index is 12.5. The minimum atomic E-state index is -0.682. The van der Waals surface area contributed by atoms with Gasteiger partial charge in [0.05, 0.1) is 6.04 Å². The lowest BCUT2D eigenvalue weighted by Gasteiger charge is -2.35. The van der Waals surface area contributed by atoms with Gasteiger partial charge in [0.15, 0.2) is 0 Å². The molecule has 0 aliphatic carbocycles. The number of nitrogens with one attached hydrogen (secondary N) is 2. The van der Waals surface area contributed by atoms with Crippen molar-refractivity contribution in [3.8, 4) is 0 Å². The Kier molecular flexibility index (Phi) is 7.14. The summed E-state index contributed by atoms with van der Waals surface area (Å²) in [6.07, 6.45) is 4.49. The van der Waals surface area contributed by atoms with Crippen LogP contribution in [-0.2, 0) is 29.1 Å².